The topological polar surface area (TPSA) is 0 Å². The Morgan fingerprint density at radius 2 is 1.59 bits per heavy atom. The summed E-state index contributed by atoms with van der Waals surface area (Å²) in [5, 5.41) is 0. The van der Waals surface area contributed by atoms with Gasteiger partial charge in [0.2, 0.25) is 0 Å². The highest BCUT2D eigenvalue weighted by Gasteiger charge is 2.23. The minimum Gasteiger partial charge on any atom is -0.251 e. The highest BCUT2D eigenvalue weighted by Crippen LogP contribution is 2.39. The Kier molecular flexibility index (Phi) is 7.91. The first kappa shape index (κ1) is 21.6. The first-order chi connectivity index (χ1) is 14.1. The summed E-state index contributed by atoms with van der Waals surface area (Å²) in [6.07, 6.45) is 12.1. The third-order valence-electron chi connectivity index (χ3n) is 5.97. The van der Waals surface area contributed by atoms with Gasteiger partial charge in [-0.25, -0.2) is 13.2 Å². The molecule has 0 bridgehead atoms. The van der Waals surface area contributed by atoms with Crippen LogP contribution in [-0.2, 0) is 0 Å². The van der Waals surface area contributed by atoms with Gasteiger partial charge in [-0.15, -0.1) is 0 Å². The molecule has 0 unspecified atom stereocenters. The number of halogens is 4. The maximum Gasteiger partial charge on any atom is 0.166 e. The molecule has 0 aromatic heterocycles. The maximum absolute atomic E-state index is 14.7. The number of hydrogen-bond donors (Lipinski definition) is 0. The fraction of sp³-hybridized carbons (Fsp3) is 0.440. The third-order valence-corrected chi connectivity index (χ3v) is 5.97. The number of hydrogen-bond acceptors (Lipinski definition) is 0. The predicted octanol–water partition coefficient (Wildman–Crippen LogP) is 8.13. The monoisotopic (exact) mass is 404 g/mol. The van der Waals surface area contributed by atoms with Gasteiger partial charge in [-0.2, -0.15) is 0 Å². The second kappa shape index (κ2) is 10.6. The van der Waals surface area contributed by atoms with Crippen LogP contribution in [-0.4, -0.2) is 6.67 Å². The molecule has 0 atom stereocenters. The highest BCUT2D eigenvalue weighted by molar-refractivity contribution is 5.65. The second-order valence-corrected chi connectivity index (χ2v) is 7.94. The maximum atomic E-state index is 14.7. The normalized spacial score (nSPS) is 19.7. The Labute approximate surface area is 170 Å². The Bertz CT molecular complexity index is 820. The summed E-state index contributed by atoms with van der Waals surface area (Å²) in [6, 6.07) is 8.71. The minimum atomic E-state index is -1.02. The summed E-state index contributed by atoms with van der Waals surface area (Å²) in [7, 11) is 0. The molecule has 0 radical (unpaired) electrons. The largest absolute Gasteiger partial charge is 0.251 e. The van der Waals surface area contributed by atoms with Crippen molar-refractivity contribution in [1.82, 2.24) is 0 Å². The van der Waals surface area contributed by atoms with Gasteiger partial charge in [0.15, 0.2) is 11.6 Å². The Hall–Kier alpha value is -2.10. The SMILES string of the molecule is FCCC/C=C/CCC1CCC(c2ccc(-c3cccc(F)c3F)c(F)c2)CC1. The van der Waals surface area contributed by atoms with Gasteiger partial charge < -0.3 is 0 Å². The first-order valence-corrected chi connectivity index (χ1v) is 10.5. The number of alkyl halides is 1. The molecule has 156 valence electrons. The van der Waals surface area contributed by atoms with Crippen molar-refractivity contribution in [1.29, 1.82) is 0 Å². The van der Waals surface area contributed by atoms with Crippen molar-refractivity contribution in [3.63, 3.8) is 0 Å². The molecule has 1 saturated carbocycles. The van der Waals surface area contributed by atoms with Crippen LogP contribution < -0.4 is 0 Å². The standard InChI is InChI=1S/C25H28F4/c26-16-5-3-1-2-4-7-18-10-12-19(13-11-18)20-14-15-21(24(28)17-20)22-8-6-9-23(27)25(22)29/h1-2,6,8-9,14-15,17-19H,3-5,7,10-13,16H2/b2-1+. The third kappa shape index (κ3) is 5.71. The molecule has 1 aliphatic carbocycles. The summed E-state index contributed by atoms with van der Waals surface area (Å²) >= 11 is 0. The Morgan fingerprint density at radius 1 is 0.828 bits per heavy atom. The van der Waals surface area contributed by atoms with Crippen LogP contribution >= 0.6 is 0 Å². The zero-order valence-electron chi connectivity index (χ0n) is 16.6. The lowest BCUT2D eigenvalue weighted by molar-refractivity contribution is 0.311. The van der Waals surface area contributed by atoms with Crippen LogP contribution in [0, 0.1) is 23.4 Å². The van der Waals surface area contributed by atoms with E-state index >= 15 is 0 Å². The van der Waals surface area contributed by atoms with E-state index < -0.39 is 17.5 Å². The summed E-state index contributed by atoms with van der Waals surface area (Å²) in [5.74, 6) is -1.50. The van der Waals surface area contributed by atoms with Crippen molar-refractivity contribution in [3.8, 4) is 11.1 Å². The number of rotatable bonds is 8. The van der Waals surface area contributed by atoms with E-state index in [-0.39, 0.29) is 17.8 Å². The molecule has 2 aromatic rings. The van der Waals surface area contributed by atoms with Gasteiger partial charge in [0.1, 0.15) is 5.82 Å². The zero-order chi connectivity index (χ0) is 20.6. The molecular formula is C25H28F4. The van der Waals surface area contributed by atoms with Gasteiger partial charge in [-0.05, 0) is 80.9 Å². The van der Waals surface area contributed by atoms with Crippen LogP contribution in [0.2, 0.25) is 0 Å². The molecule has 1 aliphatic rings. The molecular weight excluding hydrogens is 376 g/mol. The molecule has 0 aliphatic heterocycles. The van der Waals surface area contributed by atoms with Crippen molar-refractivity contribution < 1.29 is 17.6 Å². The quantitative estimate of drug-likeness (QED) is 0.237. The fourth-order valence-electron chi connectivity index (χ4n) is 4.26. The molecule has 29 heavy (non-hydrogen) atoms. The Morgan fingerprint density at radius 3 is 2.31 bits per heavy atom. The molecule has 0 N–H and O–H groups in total. The van der Waals surface area contributed by atoms with Gasteiger partial charge in [-0.1, -0.05) is 36.4 Å². The smallest absolute Gasteiger partial charge is 0.166 e. The molecule has 0 heterocycles. The van der Waals surface area contributed by atoms with E-state index in [9.17, 15) is 17.6 Å². The van der Waals surface area contributed by atoms with Crippen molar-refractivity contribution in [2.45, 2.75) is 57.3 Å². The van der Waals surface area contributed by atoms with E-state index in [1.165, 1.54) is 18.2 Å². The molecule has 1 fully saturated rings. The molecule has 0 saturated heterocycles. The van der Waals surface area contributed by atoms with Gasteiger partial charge in [0.05, 0.1) is 6.67 Å². The number of benzene rings is 2. The summed E-state index contributed by atoms with van der Waals surface area (Å²) in [4.78, 5) is 0. The fourth-order valence-corrected chi connectivity index (χ4v) is 4.26. The first-order valence-electron chi connectivity index (χ1n) is 10.5. The Balaban J connectivity index is 1.55. The van der Waals surface area contributed by atoms with Gasteiger partial charge in [0, 0.05) is 11.1 Å². The summed E-state index contributed by atoms with van der Waals surface area (Å²) in [6.45, 7) is -0.257. The van der Waals surface area contributed by atoms with Crippen molar-refractivity contribution in [2.75, 3.05) is 6.67 Å². The molecule has 3 rings (SSSR count). The second-order valence-electron chi connectivity index (χ2n) is 7.94. The van der Waals surface area contributed by atoms with E-state index in [1.807, 2.05) is 6.07 Å². The van der Waals surface area contributed by atoms with Crippen LogP contribution in [0.25, 0.3) is 11.1 Å². The number of unbranched alkanes of at least 4 members (excludes halogenated alkanes) is 1. The molecule has 0 spiro atoms. The lowest BCUT2D eigenvalue weighted by Crippen LogP contribution is -2.13. The van der Waals surface area contributed by atoms with E-state index in [0.717, 1.165) is 56.6 Å². The van der Waals surface area contributed by atoms with Crippen LogP contribution in [0.4, 0.5) is 17.6 Å². The van der Waals surface area contributed by atoms with Gasteiger partial charge >= 0.3 is 0 Å². The van der Waals surface area contributed by atoms with Gasteiger partial charge in [0.25, 0.3) is 0 Å². The van der Waals surface area contributed by atoms with Crippen LogP contribution in [0.5, 0.6) is 0 Å². The average Bonchev–Trinajstić information content (AvgIpc) is 2.73. The summed E-state index contributed by atoms with van der Waals surface area (Å²) in [5.41, 5.74) is 0.990. The van der Waals surface area contributed by atoms with Crippen LogP contribution in [0.3, 0.4) is 0 Å². The lowest BCUT2D eigenvalue weighted by atomic mass is 9.77. The van der Waals surface area contributed by atoms with Gasteiger partial charge in [-0.3, -0.25) is 4.39 Å². The molecule has 2 aromatic carbocycles. The highest BCUT2D eigenvalue weighted by atomic mass is 19.2. The molecule has 4 heteroatoms. The van der Waals surface area contributed by atoms with E-state index in [4.69, 9.17) is 0 Å². The number of allylic oxidation sites excluding steroid dienone is 2. The van der Waals surface area contributed by atoms with Crippen LogP contribution in [0.1, 0.15) is 62.8 Å². The van der Waals surface area contributed by atoms with E-state index in [0.29, 0.717) is 18.3 Å². The van der Waals surface area contributed by atoms with Crippen LogP contribution in [0.15, 0.2) is 48.6 Å². The van der Waals surface area contributed by atoms with Crippen molar-refractivity contribution >= 4 is 0 Å². The van der Waals surface area contributed by atoms with E-state index in [1.54, 1.807) is 6.07 Å². The minimum absolute atomic E-state index is 0.0441. The predicted molar refractivity (Wildman–Crippen MR) is 110 cm³/mol. The van der Waals surface area contributed by atoms with Crippen molar-refractivity contribution in [3.05, 3.63) is 71.6 Å². The molecule has 0 nitrogen and oxygen atoms in total. The zero-order valence-corrected chi connectivity index (χ0v) is 16.6. The summed E-state index contributed by atoms with van der Waals surface area (Å²) < 4.78 is 54.1. The average molecular weight is 404 g/mol. The van der Waals surface area contributed by atoms with E-state index in [2.05, 4.69) is 12.2 Å². The van der Waals surface area contributed by atoms with Crippen molar-refractivity contribution in [2.24, 2.45) is 5.92 Å². The lowest BCUT2D eigenvalue weighted by Gasteiger charge is -2.29. The molecule has 0 amide bonds.